The fourth-order valence-corrected chi connectivity index (χ4v) is 14.9. The molecule has 0 spiro atoms. The normalized spacial score (nSPS) is 12.1. The molecule has 0 aliphatic carbocycles. The van der Waals surface area contributed by atoms with Gasteiger partial charge in [0, 0.05) is 82.5 Å². The van der Waals surface area contributed by atoms with Crippen LogP contribution in [0.3, 0.4) is 0 Å². The van der Waals surface area contributed by atoms with Crippen molar-refractivity contribution in [2.75, 3.05) is 0 Å². The molecule has 19 aromatic rings. The Morgan fingerprint density at radius 2 is 0.562 bits per heavy atom. The van der Waals surface area contributed by atoms with Crippen LogP contribution in [0.25, 0.3) is 177 Å². The predicted octanol–water partition coefficient (Wildman–Crippen LogP) is 23.4. The minimum absolute atomic E-state index is 0.442. The molecule has 14 aromatic carbocycles. The maximum atomic E-state index is 14.0. The van der Waals surface area contributed by atoms with E-state index in [1.54, 1.807) is 0 Å². The number of benzene rings is 14. The van der Waals surface area contributed by atoms with E-state index in [0.717, 1.165) is 128 Å². The van der Waals surface area contributed by atoms with Crippen molar-refractivity contribution in [3.05, 3.63) is 327 Å². The molecule has 452 valence electrons. The zero-order chi connectivity index (χ0) is 63.8. The SMILES string of the molecule is FC(F)(F)c1ccc(-c2cc(-c3ccc4cc(-n5c6ccccc6c6cc(-c7ccc8c(c7)c7ccccc7n8-c7ccccc7)ccc65)ccc4c3)nc(-c3cccc(-n4c5ccccc5c5cc(-c6ccc7c(c6)c6ccccc6n7-c6ccccc6)ccc54)c3)n2)cc1. The molecule has 0 amide bonds. The third-order valence-electron chi connectivity index (χ3n) is 19.4. The largest absolute Gasteiger partial charge is 0.416 e. The van der Waals surface area contributed by atoms with Crippen LogP contribution >= 0.6 is 0 Å². The van der Waals surface area contributed by atoms with Gasteiger partial charge in [-0.25, -0.2) is 9.97 Å². The molecule has 6 nitrogen and oxygen atoms in total. The molecule has 0 N–H and O–H groups in total. The van der Waals surface area contributed by atoms with E-state index in [0.29, 0.717) is 22.8 Å². The van der Waals surface area contributed by atoms with E-state index in [9.17, 15) is 13.2 Å². The Labute approximate surface area is 548 Å². The lowest BCUT2D eigenvalue weighted by molar-refractivity contribution is -0.137. The van der Waals surface area contributed by atoms with Crippen LogP contribution in [0.2, 0.25) is 0 Å². The lowest BCUT2D eigenvalue weighted by atomic mass is 10.0. The van der Waals surface area contributed by atoms with Crippen LogP contribution in [0.5, 0.6) is 0 Å². The zero-order valence-electron chi connectivity index (χ0n) is 51.4. The Kier molecular flexibility index (Phi) is 12.3. The summed E-state index contributed by atoms with van der Waals surface area (Å²) in [5.41, 5.74) is 20.2. The van der Waals surface area contributed by atoms with Gasteiger partial charge >= 0.3 is 6.18 Å². The number of alkyl halides is 3. The van der Waals surface area contributed by atoms with Crippen LogP contribution < -0.4 is 0 Å². The number of hydrogen-bond donors (Lipinski definition) is 0. The molecule has 0 aliphatic heterocycles. The fraction of sp³-hybridized carbons (Fsp3) is 0.0115. The van der Waals surface area contributed by atoms with Crippen LogP contribution in [0.15, 0.2) is 322 Å². The molecule has 0 aliphatic rings. The monoisotopic (exact) mass is 1240 g/mol. The molecule has 0 radical (unpaired) electrons. The lowest BCUT2D eigenvalue weighted by Gasteiger charge is -2.13. The Balaban J connectivity index is 0.685. The van der Waals surface area contributed by atoms with Gasteiger partial charge in [-0.15, -0.1) is 0 Å². The molecule has 19 rings (SSSR count). The van der Waals surface area contributed by atoms with Crippen molar-refractivity contribution < 1.29 is 13.2 Å². The van der Waals surface area contributed by atoms with Crippen molar-refractivity contribution in [1.82, 2.24) is 28.2 Å². The minimum Gasteiger partial charge on any atom is -0.309 e. The number of halogens is 3. The molecular weight excluding hydrogens is 1190 g/mol. The van der Waals surface area contributed by atoms with Crippen molar-refractivity contribution in [2.45, 2.75) is 6.18 Å². The van der Waals surface area contributed by atoms with E-state index in [-0.39, 0.29) is 0 Å². The van der Waals surface area contributed by atoms with Crippen LogP contribution in [0, 0.1) is 0 Å². The van der Waals surface area contributed by atoms with Gasteiger partial charge in [0.25, 0.3) is 0 Å². The highest BCUT2D eigenvalue weighted by atomic mass is 19.4. The first kappa shape index (κ1) is 55.1. The fourth-order valence-electron chi connectivity index (χ4n) is 14.9. The van der Waals surface area contributed by atoms with Gasteiger partial charge in [0.1, 0.15) is 0 Å². The second-order valence-electron chi connectivity index (χ2n) is 24.8. The first-order valence-electron chi connectivity index (χ1n) is 32.2. The molecule has 0 saturated carbocycles. The van der Waals surface area contributed by atoms with Crippen molar-refractivity contribution in [3.63, 3.8) is 0 Å². The van der Waals surface area contributed by atoms with Crippen molar-refractivity contribution in [3.8, 4) is 78.9 Å². The topological polar surface area (TPSA) is 45.5 Å². The molecule has 0 fully saturated rings. The summed E-state index contributed by atoms with van der Waals surface area (Å²) in [6.07, 6.45) is -4.49. The van der Waals surface area contributed by atoms with Crippen molar-refractivity contribution >= 4 is 98.0 Å². The van der Waals surface area contributed by atoms with E-state index in [1.165, 1.54) is 50.1 Å². The van der Waals surface area contributed by atoms with Gasteiger partial charge in [0.05, 0.1) is 61.1 Å². The summed E-state index contributed by atoms with van der Waals surface area (Å²) >= 11 is 0. The van der Waals surface area contributed by atoms with Gasteiger partial charge in [-0.05, 0) is 179 Å². The number of nitrogens with zero attached hydrogens (tertiary/aromatic N) is 6. The number of para-hydroxylation sites is 6. The summed E-state index contributed by atoms with van der Waals surface area (Å²) in [5.74, 6) is 0.442. The summed E-state index contributed by atoms with van der Waals surface area (Å²) in [6.45, 7) is 0. The van der Waals surface area contributed by atoms with Crippen LogP contribution in [-0.4, -0.2) is 28.2 Å². The van der Waals surface area contributed by atoms with Gasteiger partial charge < -0.3 is 18.3 Å². The highest BCUT2D eigenvalue weighted by Gasteiger charge is 2.30. The number of rotatable bonds is 9. The lowest BCUT2D eigenvalue weighted by Crippen LogP contribution is -2.04. The van der Waals surface area contributed by atoms with Gasteiger partial charge in [-0.3, -0.25) is 0 Å². The molecule has 96 heavy (non-hydrogen) atoms. The van der Waals surface area contributed by atoms with Crippen LogP contribution in [-0.2, 0) is 6.18 Å². The van der Waals surface area contributed by atoms with E-state index in [2.05, 4.69) is 297 Å². The van der Waals surface area contributed by atoms with E-state index in [4.69, 9.17) is 9.97 Å². The Bertz CT molecular complexity index is 6370. The van der Waals surface area contributed by atoms with Crippen LogP contribution in [0.1, 0.15) is 5.56 Å². The molecule has 0 saturated heterocycles. The number of fused-ring (bicyclic) bond motifs is 13. The van der Waals surface area contributed by atoms with E-state index >= 15 is 0 Å². The average molecular weight is 1240 g/mol. The maximum Gasteiger partial charge on any atom is 0.416 e. The van der Waals surface area contributed by atoms with E-state index < -0.39 is 11.7 Å². The van der Waals surface area contributed by atoms with Crippen LogP contribution in [0.4, 0.5) is 13.2 Å². The Morgan fingerprint density at radius 1 is 0.219 bits per heavy atom. The summed E-state index contributed by atoms with van der Waals surface area (Å²) < 4.78 is 51.4. The minimum atomic E-state index is -4.49. The summed E-state index contributed by atoms with van der Waals surface area (Å²) in [5, 5.41) is 11.4. The summed E-state index contributed by atoms with van der Waals surface area (Å²) in [4.78, 5) is 10.4. The van der Waals surface area contributed by atoms with Crippen molar-refractivity contribution in [1.29, 1.82) is 0 Å². The van der Waals surface area contributed by atoms with Gasteiger partial charge in [0.15, 0.2) is 5.82 Å². The summed E-state index contributed by atoms with van der Waals surface area (Å²) in [7, 11) is 0. The second kappa shape index (κ2) is 21.5. The predicted molar refractivity (Wildman–Crippen MR) is 389 cm³/mol. The molecule has 0 atom stereocenters. The Hall–Kier alpha value is -12.6. The molecule has 5 heterocycles. The first-order valence-corrected chi connectivity index (χ1v) is 32.2. The third kappa shape index (κ3) is 8.88. The highest BCUT2D eigenvalue weighted by molar-refractivity contribution is 6.15. The molecule has 9 heteroatoms. The van der Waals surface area contributed by atoms with Crippen molar-refractivity contribution in [2.24, 2.45) is 0 Å². The Morgan fingerprint density at radius 3 is 1.01 bits per heavy atom. The summed E-state index contributed by atoms with van der Waals surface area (Å²) in [6, 6.07) is 111. The molecule has 0 unspecified atom stereocenters. The molecular formula is C87H53F3N6. The second-order valence-corrected chi connectivity index (χ2v) is 24.8. The number of hydrogen-bond acceptors (Lipinski definition) is 2. The first-order chi connectivity index (χ1) is 47.2. The average Bonchev–Trinajstić information content (AvgIpc) is 1.60. The zero-order valence-corrected chi connectivity index (χ0v) is 51.4. The highest BCUT2D eigenvalue weighted by Crippen LogP contribution is 2.43. The quantitative estimate of drug-likeness (QED) is 0.145. The van der Waals surface area contributed by atoms with E-state index in [1.807, 2.05) is 18.2 Å². The van der Waals surface area contributed by atoms with Gasteiger partial charge in [-0.1, -0.05) is 176 Å². The molecule has 0 bridgehead atoms. The van der Waals surface area contributed by atoms with Gasteiger partial charge in [-0.2, -0.15) is 13.2 Å². The van der Waals surface area contributed by atoms with Gasteiger partial charge in [0.2, 0.25) is 0 Å². The number of aromatic nitrogens is 6. The molecule has 5 aromatic heterocycles. The maximum absolute atomic E-state index is 14.0. The smallest absolute Gasteiger partial charge is 0.309 e. The third-order valence-corrected chi connectivity index (χ3v) is 19.4. The standard InChI is InChI=1S/C87H53F3N6/c88-87(89,90)63-39-32-54(33-40-63)76-53-77(92-86(91-76)62-16-15-21-66(48-62)95-80-28-13-9-24-70(80)74-51-59(37-44-84(74)95)57-35-42-82-72(49-57)68-22-7-11-26-78(68)93(82)64-17-3-1-4-18-64)61-31-30-56-47-67(41-34-55(56)46-61)96-81-29-14-10-25-71(81)75-52-60(38-45-85(75)96)58-36-43-83-73(50-58)69-23-8-12-27-79(69)94(83)65-19-5-2-6-20-65/h1-53H.